The number of aryl methyl sites for hydroxylation is 1. The molecule has 5 heteroatoms. The van der Waals surface area contributed by atoms with E-state index in [1.54, 1.807) is 0 Å². The van der Waals surface area contributed by atoms with Crippen LogP contribution in [0.5, 0.6) is 0 Å². The monoisotopic (exact) mass is 177 g/mol. The summed E-state index contributed by atoms with van der Waals surface area (Å²) in [6.07, 6.45) is 1.21. The van der Waals surface area contributed by atoms with Crippen molar-refractivity contribution < 1.29 is 14.6 Å². The Morgan fingerprint density at radius 1 is 1.31 bits per heavy atom. The Hall–Kier alpha value is -0.770. The van der Waals surface area contributed by atoms with Crippen molar-refractivity contribution in [1.82, 2.24) is 0 Å². The molecule has 0 bridgehead atoms. The molecule has 1 aromatic carbocycles. The van der Waals surface area contributed by atoms with Gasteiger partial charge in [-0.3, -0.25) is 0 Å². The first-order valence-corrected chi connectivity index (χ1v) is 4.16. The zero-order valence-corrected chi connectivity index (χ0v) is 7.26. The predicted octanol–water partition coefficient (Wildman–Crippen LogP) is 0.253. The average molecular weight is 177 g/mol. The van der Waals surface area contributed by atoms with E-state index in [0.717, 1.165) is 12.0 Å². The summed E-state index contributed by atoms with van der Waals surface area (Å²) in [5, 5.41) is 17.3. The van der Waals surface area contributed by atoms with Crippen LogP contribution in [0, 0.1) is 0 Å². The van der Waals surface area contributed by atoms with Crippen LogP contribution >= 0.6 is 0 Å². The van der Waals surface area contributed by atoms with Crippen LogP contribution in [0.15, 0.2) is 30.3 Å². The van der Waals surface area contributed by atoms with Crippen LogP contribution in [0.2, 0.25) is 6.32 Å². The lowest BCUT2D eigenvalue weighted by molar-refractivity contribution is 0.378. The lowest BCUT2D eigenvalue weighted by Crippen LogP contribution is -2.20. The largest absolute Gasteiger partial charge is 0.470 e. The van der Waals surface area contributed by atoms with Gasteiger partial charge in [0, 0.05) is 0 Å². The van der Waals surface area contributed by atoms with Crippen LogP contribution in [-0.2, 0) is 11.0 Å². The zero-order chi connectivity index (χ0) is 9.52. The molecule has 67 valence electrons. The van der Waals surface area contributed by atoms with Gasteiger partial charge in [-0.25, -0.2) is 0 Å². The van der Waals surface area contributed by atoms with Gasteiger partial charge in [-0.05, 0) is 18.3 Å². The lowest BCUT2D eigenvalue weighted by atomic mass is 9.81. The van der Waals surface area contributed by atoms with Crippen LogP contribution in [0.4, 0.5) is 0 Å². The molecule has 0 saturated heterocycles. The minimum Gasteiger partial charge on any atom is -0.453 e. The Labute approximate surface area is 78.8 Å². The molecule has 0 saturated carbocycles. The highest BCUT2D eigenvalue weighted by molar-refractivity contribution is 6.49. The first-order valence-electron chi connectivity index (χ1n) is 4.16. The van der Waals surface area contributed by atoms with Crippen LogP contribution in [0.25, 0.3) is 0 Å². The van der Waals surface area contributed by atoms with E-state index in [0.29, 0.717) is 14.0 Å². The van der Waals surface area contributed by atoms with Gasteiger partial charge in [-0.1, -0.05) is 30.3 Å². The molecule has 0 aliphatic heterocycles. The number of hydrogen-bond donors (Lipinski definition) is 2. The van der Waals surface area contributed by atoms with Crippen molar-refractivity contribution in [2.75, 3.05) is 0 Å². The topological polar surface area (TPSA) is 49.7 Å². The minimum atomic E-state index is -0.926. The summed E-state index contributed by atoms with van der Waals surface area (Å²) in [6, 6.07) is 9.80. The van der Waals surface area contributed by atoms with Crippen LogP contribution in [0.1, 0.15) is 5.56 Å². The second-order valence-electron chi connectivity index (χ2n) is 2.72. The van der Waals surface area contributed by atoms with Gasteiger partial charge in [0.1, 0.15) is 0 Å². The molecule has 0 aliphatic carbocycles. The van der Waals surface area contributed by atoms with Crippen molar-refractivity contribution in [2.24, 2.45) is 0 Å². The third-order valence-corrected chi connectivity index (χ3v) is 1.74. The van der Waals surface area contributed by atoms with Gasteiger partial charge >= 0.3 is 14.8 Å². The summed E-state index contributed by atoms with van der Waals surface area (Å²) in [6.45, 7) is 0. The summed E-state index contributed by atoms with van der Waals surface area (Å²) < 4.78 is 4.45. The third kappa shape index (κ3) is 4.12. The van der Waals surface area contributed by atoms with Crippen LogP contribution < -0.4 is 0 Å². The van der Waals surface area contributed by atoms with Gasteiger partial charge in [0.2, 0.25) is 0 Å². The quantitative estimate of drug-likeness (QED) is 0.633. The predicted molar refractivity (Wildman–Crippen MR) is 52.0 cm³/mol. The maximum atomic E-state index is 9.10. The summed E-state index contributed by atoms with van der Waals surface area (Å²) >= 11 is 0. The molecule has 0 heterocycles. The molecule has 0 atom stereocenters. The maximum Gasteiger partial charge on any atom is 0.470 e. The fraction of sp³-hybridized carbons (Fsp3) is 0.250. The van der Waals surface area contributed by atoms with Crippen molar-refractivity contribution in [2.45, 2.75) is 12.7 Å². The van der Waals surface area contributed by atoms with Gasteiger partial charge in [0.15, 0.2) is 0 Å². The molecular weight excluding hydrogens is 166 g/mol. The van der Waals surface area contributed by atoms with Gasteiger partial charge in [0.25, 0.3) is 0 Å². The van der Waals surface area contributed by atoms with Gasteiger partial charge in [-0.2, -0.15) is 0 Å². The second kappa shape index (κ2) is 5.80. The molecule has 0 aliphatic rings. The highest BCUT2D eigenvalue weighted by atomic mass is 16.5. The molecule has 1 aromatic rings. The highest BCUT2D eigenvalue weighted by Crippen LogP contribution is 2.04. The third-order valence-electron chi connectivity index (χ3n) is 1.74. The minimum absolute atomic E-state index is 0.473. The van der Waals surface area contributed by atoms with E-state index >= 15 is 0 Å². The standard InChI is InChI=1S/C8H11B2O3/c11-9-13-10(12)7-6-8-4-2-1-3-5-8/h1-5,11-12H,6-7H2. The van der Waals surface area contributed by atoms with Crippen molar-refractivity contribution in [3.8, 4) is 0 Å². The SMILES string of the molecule is O[B]OB(O)CCc1ccccc1. The molecule has 2 N–H and O–H groups in total. The zero-order valence-electron chi connectivity index (χ0n) is 7.26. The molecule has 0 fully saturated rings. The average Bonchev–Trinajstić information content (AvgIpc) is 2.17. The van der Waals surface area contributed by atoms with Crippen molar-refractivity contribution in [3.05, 3.63) is 35.9 Å². The number of rotatable bonds is 5. The lowest BCUT2D eigenvalue weighted by Gasteiger charge is -2.04. The van der Waals surface area contributed by atoms with Gasteiger partial charge in [0.05, 0.1) is 0 Å². The van der Waals surface area contributed by atoms with E-state index in [1.807, 2.05) is 30.3 Å². The first kappa shape index (κ1) is 10.3. The Morgan fingerprint density at radius 3 is 2.62 bits per heavy atom. The Morgan fingerprint density at radius 2 is 2.00 bits per heavy atom. The van der Waals surface area contributed by atoms with E-state index in [9.17, 15) is 0 Å². The van der Waals surface area contributed by atoms with Crippen molar-refractivity contribution >= 4 is 14.8 Å². The maximum absolute atomic E-state index is 9.10. The molecule has 0 unspecified atom stereocenters. The Kier molecular flexibility index (Phi) is 4.60. The molecule has 0 spiro atoms. The summed E-state index contributed by atoms with van der Waals surface area (Å²) in [4.78, 5) is 0. The second-order valence-corrected chi connectivity index (χ2v) is 2.72. The van der Waals surface area contributed by atoms with Crippen LogP contribution in [0.3, 0.4) is 0 Å². The van der Waals surface area contributed by atoms with E-state index in [4.69, 9.17) is 10.0 Å². The number of benzene rings is 1. The molecule has 1 radical (unpaired) electrons. The smallest absolute Gasteiger partial charge is 0.453 e. The fourth-order valence-corrected chi connectivity index (χ4v) is 1.07. The normalized spacial score (nSPS) is 9.69. The van der Waals surface area contributed by atoms with E-state index in [-0.39, 0.29) is 0 Å². The highest BCUT2D eigenvalue weighted by Gasteiger charge is 2.11. The van der Waals surface area contributed by atoms with Gasteiger partial charge in [-0.15, -0.1) is 0 Å². The Balaban J connectivity index is 2.27. The van der Waals surface area contributed by atoms with E-state index < -0.39 is 7.12 Å². The van der Waals surface area contributed by atoms with Crippen LogP contribution in [-0.4, -0.2) is 24.9 Å². The fourth-order valence-electron chi connectivity index (χ4n) is 1.07. The molecule has 0 aromatic heterocycles. The van der Waals surface area contributed by atoms with E-state index in [1.165, 1.54) is 0 Å². The molecular formula is C8H11B2O3. The van der Waals surface area contributed by atoms with Crippen molar-refractivity contribution in [3.63, 3.8) is 0 Å². The van der Waals surface area contributed by atoms with E-state index in [2.05, 4.69) is 4.57 Å². The molecule has 1 rings (SSSR count). The first-order chi connectivity index (χ1) is 6.33. The van der Waals surface area contributed by atoms with Gasteiger partial charge < -0.3 is 14.6 Å². The molecule has 13 heavy (non-hydrogen) atoms. The molecule has 0 amide bonds. The molecule has 3 nitrogen and oxygen atoms in total. The van der Waals surface area contributed by atoms with Crippen molar-refractivity contribution in [1.29, 1.82) is 0 Å². The summed E-state index contributed by atoms with van der Waals surface area (Å²) in [7, 11) is -0.416. The Bertz CT molecular complexity index is 230. The summed E-state index contributed by atoms with van der Waals surface area (Å²) in [5.74, 6) is 0. The summed E-state index contributed by atoms with van der Waals surface area (Å²) in [5.41, 5.74) is 1.14. The number of hydrogen-bond acceptors (Lipinski definition) is 3.